The van der Waals surface area contributed by atoms with Gasteiger partial charge in [-0.25, -0.2) is 13.2 Å². The largest absolute Gasteiger partial charge is 0.420 e. The van der Waals surface area contributed by atoms with Gasteiger partial charge in [-0.1, -0.05) is 19.9 Å². The first-order chi connectivity index (χ1) is 15.5. The second-order valence-corrected chi connectivity index (χ2v) is 11.2. The van der Waals surface area contributed by atoms with Gasteiger partial charge in [0.15, 0.2) is 5.58 Å². The highest BCUT2D eigenvalue weighted by atomic mass is 32.2. The highest BCUT2D eigenvalue weighted by molar-refractivity contribution is 7.89. The molecule has 176 valence electrons. The van der Waals surface area contributed by atoms with Crippen molar-refractivity contribution in [2.75, 3.05) is 18.4 Å². The van der Waals surface area contributed by atoms with Crippen LogP contribution in [0.15, 0.2) is 50.5 Å². The van der Waals surface area contributed by atoms with Gasteiger partial charge in [-0.05, 0) is 67.5 Å². The van der Waals surface area contributed by atoms with Crippen molar-refractivity contribution < 1.29 is 17.6 Å². The minimum atomic E-state index is -3.71. The van der Waals surface area contributed by atoms with E-state index in [9.17, 15) is 18.0 Å². The van der Waals surface area contributed by atoms with Crippen molar-refractivity contribution in [3.8, 4) is 0 Å². The molecule has 1 N–H and O–H groups in total. The first kappa shape index (κ1) is 23.3. The number of benzene rings is 2. The molecule has 33 heavy (non-hydrogen) atoms. The van der Waals surface area contributed by atoms with E-state index in [-0.39, 0.29) is 34.8 Å². The highest BCUT2D eigenvalue weighted by Crippen LogP contribution is 2.28. The first-order valence-electron chi connectivity index (χ1n) is 11.0. The standard InChI is InChI=1S/C24H29N3O5S/c1-15-7-16(2)10-19(9-15)25-23(28)14-27-21-6-5-20(11-22(21)32-24(27)29)33(30,31)26-12-17(3)8-18(4)13-26/h5-7,9-11,17-18H,8,12-14H2,1-4H3,(H,25,28)/t17-,18+. The van der Waals surface area contributed by atoms with Gasteiger partial charge in [0.1, 0.15) is 6.54 Å². The molecule has 1 amide bonds. The Kier molecular flexibility index (Phi) is 6.20. The molecule has 2 heterocycles. The molecule has 1 saturated heterocycles. The number of hydrogen-bond acceptors (Lipinski definition) is 5. The number of nitrogens with zero attached hydrogens (tertiary/aromatic N) is 2. The quantitative estimate of drug-likeness (QED) is 0.614. The van der Waals surface area contributed by atoms with Gasteiger partial charge in [0.2, 0.25) is 15.9 Å². The Morgan fingerprint density at radius 1 is 1.06 bits per heavy atom. The fourth-order valence-corrected chi connectivity index (χ4v) is 6.39. The minimum absolute atomic E-state index is 0.0805. The molecule has 2 aromatic carbocycles. The van der Waals surface area contributed by atoms with Crippen LogP contribution < -0.4 is 11.1 Å². The normalized spacial score (nSPS) is 19.6. The third kappa shape index (κ3) is 4.89. The van der Waals surface area contributed by atoms with Gasteiger partial charge in [-0.3, -0.25) is 9.36 Å². The average molecular weight is 472 g/mol. The van der Waals surface area contributed by atoms with Crippen LogP contribution in [0.5, 0.6) is 0 Å². The van der Waals surface area contributed by atoms with E-state index in [1.54, 1.807) is 0 Å². The summed E-state index contributed by atoms with van der Waals surface area (Å²) in [6.45, 7) is 8.66. The van der Waals surface area contributed by atoms with E-state index in [0.29, 0.717) is 24.3 Å². The van der Waals surface area contributed by atoms with Gasteiger partial charge < -0.3 is 9.73 Å². The zero-order valence-corrected chi connectivity index (χ0v) is 20.1. The molecule has 3 aromatic rings. The second-order valence-electron chi connectivity index (χ2n) is 9.28. The summed E-state index contributed by atoms with van der Waals surface area (Å²) in [6.07, 6.45) is 0.993. The van der Waals surface area contributed by atoms with Crippen LogP contribution in [0.25, 0.3) is 11.1 Å². The van der Waals surface area contributed by atoms with Crippen LogP contribution in [0, 0.1) is 25.7 Å². The number of hydrogen-bond donors (Lipinski definition) is 1. The van der Waals surface area contributed by atoms with E-state index in [2.05, 4.69) is 5.32 Å². The van der Waals surface area contributed by atoms with Gasteiger partial charge in [0, 0.05) is 24.8 Å². The molecule has 0 unspecified atom stereocenters. The lowest BCUT2D eigenvalue weighted by molar-refractivity contribution is -0.116. The maximum atomic E-state index is 13.2. The number of sulfonamides is 1. The predicted octanol–water partition coefficient (Wildman–Crippen LogP) is 3.52. The summed E-state index contributed by atoms with van der Waals surface area (Å²) in [5.41, 5.74) is 3.19. The number of fused-ring (bicyclic) bond motifs is 1. The van der Waals surface area contributed by atoms with Crippen LogP contribution in [0.4, 0.5) is 5.69 Å². The summed E-state index contributed by atoms with van der Waals surface area (Å²) in [6, 6.07) is 10.1. The fraction of sp³-hybridized carbons (Fsp3) is 0.417. The van der Waals surface area contributed by atoms with Crippen molar-refractivity contribution in [2.24, 2.45) is 11.8 Å². The topological polar surface area (TPSA) is 102 Å². The van der Waals surface area contributed by atoms with Gasteiger partial charge >= 0.3 is 5.76 Å². The predicted molar refractivity (Wildman–Crippen MR) is 127 cm³/mol. The number of amides is 1. The minimum Gasteiger partial charge on any atom is -0.408 e. The van der Waals surface area contributed by atoms with Crippen LogP contribution in [0.1, 0.15) is 31.4 Å². The van der Waals surface area contributed by atoms with E-state index in [0.717, 1.165) is 17.5 Å². The van der Waals surface area contributed by atoms with Crippen LogP contribution in [0.3, 0.4) is 0 Å². The molecule has 0 aliphatic carbocycles. The maximum absolute atomic E-state index is 13.2. The van der Waals surface area contributed by atoms with Crippen molar-refractivity contribution >= 4 is 32.7 Å². The molecule has 4 rings (SSSR count). The van der Waals surface area contributed by atoms with E-state index in [1.165, 1.54) is 27.1 Å². The van der Waals surface area contributed by atoms with Gasteiger partial charge in [-0.15, -0.1) is 0 Å². The lowest BCUT2D eigenvalue weighted by Gasteiger charge is -2.34. The molecular formula is C24H29N3O5S. The summed E-state index contributed by atoms with van der Waals surface area (Å²) in [7, 11) is -3.71. The Morgan fingerprint density at radius 2 is 1.70 bits per heavy atom. The molecule has 0 spiro atoms. The Morgan fingerprint density at radius 3 is 2.33 bits per heavy atom. The summed E-state index contributed by atoms with van der Waals surface area (Å²) < 4.78 is 34.4. The van der Waals surface area contributed by atoms with E-state index < -0.39 is 15.8 Å². The number of piperidine rings is 1. The smallest absolute Gasteiger partial charge is 0.408 e. The number of aromatic nitrogens is 1. The zero-order valence-electron chi connectivity index (χ0n) is 19.3. The summed E-state index contributed by atoms with van der Waals surface area (Å²) in [5.74, 6) is -0.530. The second kappa shape index (κ2) is 8.79. The van der Waals surface area contributed by atoms with Crippen LogP contribution in [0.2, 0.25) is 0 Å². The van der Waals surface area contributed by atoms with Crippen LogP contribution in [-0.4, -0.2) is 36.3 Å². The van der Waals surface area contributed by atoms with Crippen molar-refractivity contribution in [2.45, 2.75) is 45.6 Å². The van der Waals surface area contributed by atoms with Crippen molar-refractivity contribution in [3.63, 3.8) is 0 Å². The van der Waals surface area contributed by atoms with Gasteiger partial charge in [0.05, 0.1) is 10.4 Å². The molecule has 9 heteroatoms. The number of anilines is 1. The number of carbonyl (C=O) groups excluding carboxylic acids is 1. The Balaban J connectivity index is 1.59. The van der Waals surface area contributed by atoms with Crippen molar-refractivity contribution in [1.82, 2.24) is 8.87 Å². The number of nitrogens with one attached hydrogen (secondary N) is 1. The number of oxazole rings is 1. The molecule has 2 atom stereocenters. The number of rotatable bonds is 5. The molecule has 0 radical (unpaired) electrons. The molecule has 0 bridgehead atoms. The summed E-state index contributed by atoms with van der Waals surface area (Å²) in [4.78, 5) is 25.1. The molecule has 1 aromatic heterocycles. The van der Waals surface area contributed by atoms with E-state index >= 15 is 0 Å². The van der Waals surface area contributed by atoms with E-state index in [4.69, 9.17) is 4.42 Å². The average Bonchev–Trinajstić information content (AvgIpc) is 3.00. The molecule has 1 fully saturated rings. The van der Waals surface area contributed by atoms with Crippen molar-refractivity contribution in [3.05, 3.63) is 58.1 Å². The Hall–Kier alpha value is -2.91. The molecule has 8 nitrogen and oxygen atoms in total. The highest BCUT2D eigenvalue weighted by Gasteiger charge is 2.32. The summed E-state index contributed by atoms with van der Waals surface area (Å²) >= 11 is 0. The maximum Gasteiger partial charge on any atom is 0.420 e. The number of aryl methyl sites for hydroxylation is 2. The first-order valence-corrected chi connectivity index (χ1v) is 12.5. The van der Waals surface area contributed by atoms with Crippen molar-refractivity contribution in [1.29, 1.82) is 0 Å². The zero-order chi connectivity index (χ0) is 23.9. The third-order valence-corrected chi connectivity index (χ3v) is 7.75. The Labute approximate surface area is 193 Å². The van der Waals surface area contributed by atoms with Crippen LogP contribution >= 0.6 is 0 Å². The van der Waals surface area contributed by atoms with Crippen LogP contribution in [-0.2, 0) is 21.4 Å². The fourth-order valence-electron chi connectivity index (χ4n) is 4.70. The lowest BCUT2D eigenvalue weighted by Crippen LogP contribution is -2.42. The van der Waals surface area contributed by atoms with Gasteiger partial charge in [0.25, 0.3) is 0 Å². The van der Waals surface area contributed by atoms with E-state index in [1.807, 2.05) is 45.9 Å². The molecule has 1 aliphatic heterocycles. The summed E-state index contributed by atoms with van der Waals surface area (Å²) in [5, 5.41) is 2.80. The Bertz CT molecular complexity index is 1340. The molecular weight excluding hydrogens is 442 g/mol. The third-order valence-electron chi connectivity index (χ3n) is 5.92. The monoisotopic (exact) mass is 471 g/mol. The number of carbonyl (C=O) groups is 1. The SMILES string of the molecule is Cc1cc(C)cc(NC(=O)Cn2c(=O)oc3cc(S(=O)(=O)N4C[C@H](C)C[C@H](C)C4)ccc32)c1. The molecule has 1 aliphatic rings. The lowest BCUT2D eigenvalue weighted by atomic mass is 9.94. The molecule has 0 saturated carbocycles. The van der Waals surface area contributed by atoms with Gasteiger partial charge in [-0.2, -0.15) is 4.31 Å².